The molecule has 0 atom stereocenters. The molecule has 3 heterocycles. The van der Waals surface area contributed by atoms with Gasteiger partial charge >= 0.3 is 0 Å². The number of carbonyl (C=O) groups excluding carboxylic acids is 1. The van der Waals surface area contributed by atoms with Crippen LogP contribution in [0.4, 0.5) is 0 Å². The molecule has 8 nitrogen and oxygen atoms in total. The van der Waals surface area contributed by atoms with Gasteiger partial charge in [-0.25, -0.2) is 0 Å². The van der Waals surface area contributed by atoms with Crippen molar-refractivity contribution >= 4 is 18.3 Å². The quantitative estimate of drug-likeness (QED) is 0.876. The summed E-state index contributed by atoms with van der Waals surface area (Å²) in [5.41, 5.74) is 6.11. The molecule has 3 rings (SSSR count). The van der Waals surface area contributed by atoms with Crippen molar-refractivity contribution in [2.45, 2.75) is 26.9 Å². The Kier molecular flexibility index (Phi) is 5.98. The molecule has 2 aromatic heterocycles. The highest BCUT2D eigenvalue weighted by Crippen LogP contribution is 2.17. The van der Waals surface area contributed by atoms with Gasteiger partial charge in [-0.15, -0.1) is 12.4 Å². The van der Waals surface area contributed by atoms with Gasteiger partial charge in [0.05, 0.1) is 18.7 Å². The van der Waals surface area contributed by atoms with Crippen LogP contribution in [0.5, 0.6) is 0 Å². The highest BCUT2D eigenvalue weighted by atomic mass is 35.5. The molecule has 24 heavy (non-hydrogen) atoms. The van der Waals surface area contributed by atoms with Crippen molar-refractivity contribution in [1.82, 2.24) is 19.9 Å². The summed E-state index contributed by atoms with van der Waals surface area (Å²) in [5.74, 6) is 2.54. The van der Waals surface area contributed by atoms with Crippen LogP contribution in [-0.2, 0) is 13.1 Å². The van der Waals surface area contributed by atoms with Crippen molar-refractivity contribution < 1.29 is 13.7 Å². The average molecular weight is 356 g/mol. The topological polar surface area (TPSA) is 102 Å². The largest absolute Gasteiger partial charge is 0.466 e. The van der Waals surface area contributed by atoms with Crippen LogP contribution in [0.2, 0.25) is 0 Å². The summed E-state index contributed by atoms with van der Waals surface area (Å²) in [7, 11) is 0. The summed E-state index contributed by atoms with van der Waals surface area (Å²) in [6, 6.07) is 1.80. The molecule has 0 saturated carbocycles. The number of hydrogen-bond acceptors (Lipinski definition) is 7. The zero-order chi connectivity index (χ0) is 16.4. The Hall–Kier alpha value is -1.90. The highest BCUT2D eigenvalue weighted by Gasteiger charge is 2.25. The predicted octanol–water partition coefficient (Wildman–Crippen LogP) is 1.12. The van der Waals surface area contributed by atoms with Crippen molar-refractivity contribution in [3.8, 4) is 0 Å². The number of rotatable bonds is 4. The van der Waals surface area contributed by atoms with Crippen molar-refractivity contribution in [3.63, 3.8) is 0 Å². The van der Waals surface area contributed by atoms with Gasteiger partial charge in [-0.2, -0.15) is 4.98 Å². The maximum absolute atomic E-state index is 12.5. The highest BCUT2D eigenvalue weighted by molar-refractivity contribution is 5.95. The third-order valence-corrected chi connectivity index (χ3v) is 3.98. The van der Waals surface area contributed by atoms with Gasteiger partial charge in [0, 0.05) is 26.2 Å². The Morgan fingerprint density at radius 3 is 2.54 bits per heavy atom. The molecule has 1 aliphatic heterocycles. The molecule has 0 spiro atoms. The van der Waals surface area contributed by atoms with Crippen LogP contribution in [0.25, 0.3) is 0 Å². The maximum atomic E-state index is 12.5. The number of furan rings is 1. The Labute approximate surface area is 146 Å². The fourth-order valence-corrected chi connectivity index (χ4v) is 2.76. The number of nitrogens with two attached hydrogens (primary N) is 1. The fraction of sp³-hybridized carbons (Fsp3) is 0.533. The molecule has 1 amide bonds. The number of amides is 1. The number of nitrogens with zero attached hydrogens (tertiary/aromatic N) is 4. The van der Waals surface area contributed by atoms with Crippen LogP contribution in [0.15, 0.2) is 15.0 Å². The van der Waals surface area contributed by atoms with Gasteiger partial charge in [0.25, 0.3) is 5.91 Å². The van der Waals surface area contributed by atoms with Crippen molar-refractivity contribution in [2.24, 2.45) is 5.73 Å². The second-order valence-electron chi connectivity index (χ2n) is 5.70. The molecule has 0 aromatic carbocycles. The SMILES string of the molecule is Cc1cc(C(=O)N2CCN(Cc3noc(CN)n3)CC2)c(C)o1.Cl. The van der Waals surface area contributed by atoms with Gasteiger partial charge in [-0.05, 0) is 19.9 Å². The average Bonchev–Trinajstić information content (AvgIpc) is 3.13. The summed E-state index contributed by atoms with van der Waals surface area (Å²) in [6.07, 6.45) is 0. The lowest BCUT2D eigenvalue weighted by Crippen LogP contribution is -2.48. The molecule has 1 aliphatic rings. The van der Waals surface area contributed by atoms with Gasteiger partial charge in [0.15, 0.2) is 5.82 Å². The minimum atomic E-state index is 0. The molecule has 9 heteroatoms. The van der Waals surface area contributed by atoms with Crippen molar-refractivity contribution in [3.05, 3.63) is 34.9 Å². The lowest BCUT2D eigenvalue weighted by molar-refractivity contribution is 0.0622. The van der Waals surface area contributed by atoms with E-state index in [-0.39, 0.29) is 24.9 Å². The van der Waals surface area contributed by atoms with Crippen LogP contribution >= 0.6 is 12.4 Å². The number of piperazine rings is 1. The summed E-state index contributed by atoms with van der Waals surface area (Å²) in [4.78, 5) is 20.8. The molecular formula is C15H22ClN5O3. The van der Waals surface area contributed by atoms with E-state index in [1.165, 1.54) is 0 Å². The normalized spacial score (nSPS) is 15.4. The first-order valence-corrected chi connectivity index (χ1v) is 7.67. The zero-order valence-corrected chi connectivity index (χ0v) is 14.6. The summed E-state index contributed by atoms with van der Waals surface area (Å²) in [5, 5.41) is 3.90. The number of aromatic nitrogens is 2. The van der Waals surface area contributed by atoms with Crippen LogP contribution < -0.4 is 5.73 Å². The van der Waals surface area contributed by atoms with E-state index in [4.69, 9.17) is 14.7 Å². The molecule has 1 saturated heterocycles. The van der Waals surface area contributed by atoms with E-state index in [0.717, 1.165) is 18.8 Å². The third-order valence-electron chi connectivity index (χ3n) is 3.98. The summed E-state index contributed by atoms with van der Waals surface area (Å²) in [6.45, 7) is 7.41. The lowest BCUT2D eigenvalue weighted by Gasteiger charge is -2.33. The van der Waals surface area contributed by atoms with Crippen molar-refractivity contribution in [2.75, 3.05) is 26.2 Å². The van der Waals surface area contributed by atoms with Crippen LogP contribution in [0.1, 0.15) is 33.6 Å². The molecule has 0 bridgehead atoms. The van der Waals surface area contributed by atoms with Gasteiger partial charge in [-0.3, -0.25) is 9.69 Å². The van der Waals surface area contributed by atoms with E-state index in [1.54, 1.807) is 6.07 Å². The Morgan fingerprint density at radius 1 is 1.29 bits per heavy atom. The lowest BCUT2D eigenvalue weighted by atomic mass is 10.2. The Morgan fingerprint density at radius 2 is 2.00 bits per heavy atom. The molecule has 132 valence electrons. The van der Waals surface area contributed by atoms with E-state index in [1.807, 2.05) is 18.7 Å². The van der Waals surface area contributed by atoms with Crippen LogP contribution in [-0.4, -0.2) is 52.0 Å². The van der Waals surface area contributed by atoms with Crippen molar-refractivity contribution in [1.29, 1.82) is 0 Å². The molecule has 0 aliphatic carbocycles. The minimum Gasteiger partial charge on any atom is -0.466 e. The van der Waals surface area contributed by atoms with E-state index >= 15 is 0 Å². The van der Waals surface area contributed by atoms with E-state index < -0.39 is 0 Å². The first-order valence-electron chi connectivity index (χ1n) is 7.67. The third kappa shape index (κ3) is 3.95. The van der Waals surface area contributed by atoms with Crippen LogP contribution in [0.3, 0.4) is 0 Å². The smallest absolute Gasteiger partial charge is 0.257 e. The minimum absolute atomic E-state index is 0. The van der Waals surface area contributed by atoms with Gasteiger partial charge in [0.2, 0.25) is 5.89 Å². The summed E-state index contributed by atoms with van der Waals surface area (Å²) < 4.78 is 10.4. The molecule has 1 fully saturated rings. The molecule has 0 unspecified atom stereocenters. The van der Waals surface area contributed by atoms with E-state index in [2.05, 4.69) is 15.0 Å². The second-order valence-corrected chi connectivity index (χ2v) is 5.70. The number of hydrogen-bond donors (Lipinski definition) is 1. The molecule has 2 N–H and O–H groups in total. The van der Waals surface area contributed by atoms with Crippen LogP contribution in [0, 0.1) is 13.8 Å². The number of halogens is 1. The van der Waals surface area contributed by atoms with E-state index in [9.17, 15) is 4.79 Å². The van der Waals surface area contributed by atoms with E-state index in [0.29, 0.717) is 42.7 Å². The number of carbonyl (C=O) groups is 1. The molecular weight excluding hydrogens is 334 g/mol. The first kappa shape index (κ1) is 18.4. The number of aryl methyl sites for hydroxylation is 2. The Bertz CT molecular complexity index is 691. The first-order chi connectivity index (χ1) is 11.1. The predicted molar refractivity (Wildman–Crippen MR) is 88.8 cm³/mol. The maximum Gasteiger partial charge on any atom is 0.257 e. The molecule has 2 aromatic rings. The fourth-order valence-electron chi connectivity index (χ4n) is 2.76. The molecule has 0 radical (unpaired) electrons. The zero-order valence-electron chi connectivity index (χ0n) is 13.8. The monoisotopic (exact) mass is 355 g/mol. The second kappa shape index (κ2) is 7.78. The Balaban J connectivity index is 0.00000208. The van der Waals surface area contributed by atoms with Gasteiger partial charge < -0.3 is 19.6 Å². The summed E-state index contributed by atoms with van der Waals surface area (Å²) >= 11 is 0. The van der Waals surface area contributed by atoms with Gasteiger partial charge in [0.1, 0.15) is 11.5 Å². The van der Waals surface area contributed by atoms with Gasteiger partial charge in [-0.1, -0.05) is 5.16 Å². The standard InChI is InChI=1S/C15H21N5O3.ClH/c1-10-7-12(11(2)22-10)15(21)20-5-3-19(4-6-20)9-13-17-14(8-16)23-18-13;/h7H,3-6,8-9,16H2,1-2H3;1H.